The van der Waals surface area contributed by atoms with Crippen LogP contribution >= 0.6 is 35.6 Å². The molecule has 25 heavy (non-hydrogen) atoms. The Kier molecular flexibility index (Phi) is 8.71. The molecule has 2 rings (SSSR count). The van der Waals surface area contributed by atoms with Crippen molar-refractivity contribution in [3.63, 3.8) is 0 Å². The second-order valence-corrected chi connectivity index (χ2v) is 6.51. The van der Waals surface area contributed by atoms with E-state index in [9.17, 15) is 0 Å². The van der Waals surface area contributed by atoms with E-state index in [0.29, 0.717) is 6.54 Å². The molecule has 0 spiro atoms. The molecular formula is C18H27ClIN5. The van der Waals surface area contributed by atoms with Crippen molar-refractivity contribution in [3.8, 4) is 0 Å². The molecule has 0 aliphatic carbocycles. The molecule has 0 fully saturated rings. The quantitative estimate of drug-likeness (QED) is 0.395. The molecule has 0 aliphatic heterocycles. The largest absolute Gasteiger partial charge is 0.354 e. The minimum Gasteiger partial charge on any atom is -0.354 e. The Hall–Kier alpha value is -1.28. The highest BCUT2D eigenvalue weighted by molar-refractivity contribution is 14.0. The SMILES string of the molecule is CN=C(NCc1ccc(Cl)cc1)NC(C)Cc1c(C)nn(C)c1C.I. The van der Waals surface area contributed by atoms with Gasteiger partial charge in [-0.05, 0) is 50.5 Å². The van der Waals surface area contributed by atoms with Crippen LogP contribution in [0.15, 0.2) is 29.3 Å². The molecule has 1 aromatic heterocycles. The fraction of sp³-hybridized carbons (Fsp3) is 0.444. The molecule has 2 N–H and O–H groups in total. The van der Waals surface area contributed by atoms with Gasteiger partial charge < -0.3 is 10.6 Å². The van der Waals surface area contributed by atoms with Gasteiger partial charge in [-0.3, -0.25) is 9.67 Å². The van der Waals surface area contributed by atoms with Crippen molar-refractivity contribution in [2.75, 3.05) is 7.05 Å². The van der Waals surface area contributed by atoms with Crippen LogP contribution in [0.5, 0.6) is 0 Å². The molecule has 138 valence electrons. The van der Waals surface area contributed by atoms with Gasteiger partial charge in [-0.15, -0.1) is 24.0 Å². The predicted molar refractivity (Wildman–Crippen MR) is 116 cm³/mol. The first-order chi connectivity index (χ1) is 11.4. The van der Waals surface area contributed by atoms with E-state index in [4.69, 9.17) is 11.6 Å². The van der Waals surface area contributed by atoms with E-state index in [1.54, 1.807) is 7.05 Å². The van der Waals surface area contributed by atoms with Crippen LogP contribution in [0.4, 0.5) is 0 Å². The lowest BCUT2D eigenvalue weighted by Gasteiger charge is -2.18. The average Bonchev–Trinajstić information content (AvgIpc) is 2.79. The monoisotopic (exact) mass is 475 g/mol. The summed E-state index contributed by atoms with van der Waals surface area (Å²) in [6, 6.07) is 8.06. The van der Waals surface area contributed by atoms with Crippen molar-refractivity contribution in [2.24, 2.45) is 12.0 Å². The molecule has 0 saturated carbocycles. The summed E-state index contributed by atoms with van der Waals surface area (Å²) < 4.78 is 1.94. The Morgan fingerprint density at radius 3 is 2.44 bits per heavy atom. The third-order valence-electron chi connectivity index (χ3n) is 4.15. The molecule has 1 aromatic carbocycles. The van der Waals surface area contributed by atoms with E-state index in [1.165, 1.54) is 11.3 Å². The van der Waals surface area contributed by atoms with E-state index in [-0.39, 0.29) is 30.0 Å². The number of aliphatic imine (C=N–C) groups is 1. The lowest BCUT2D eigenvalue weighted by atomic mass is 10.1. The highest BCUT2D eigenvalue weighted by Crippen LogP contribution is 2.14. The molecule has 1 atom stereocenters. The van der Waals surface area contributed by atoms with Crippen LogP contribution < -0.4 is 10.6 Å². The number of nitrogens with zero attached hydrogens (tertiary/aromatic N) is 3. The summed E-state index contributed by atoms with van der Waals surface area (Å²) >= 11 is 5.91. The first kappa shape index (κ1) is 21.8. The van der Waals surface area contributed by atoms with Gasteiger partial charge in [-0.2, -0.15) is 5.10 Å². The molecule has 5 nitrogen and oxygen atoms in total. The van der Waals surface area contributed by atoms with E-state index in [1.807, 2.05) is 36.0 Å². The van der Waals surface area contributed by atoms with Crippen LogP contribution in [0, 0.1) is 13.8 Å². The normalized spacial score (nSPS) is 12.5. The Bertz CT molecular complexity index is 709. The molecule has 2 aromatic rings. The molecular weight excluding hydrogens is 449 g/mol. The van der Waals surface area contributed by atoms with Crippen molar-refractivity contribution < 1.29 is 0 Å². The maximum absolute atomic E-state index is 5.91. The number of aromatic nitrogens is 2. The molecule has 0 aliphatic rings. The van der Waals surface area contributed by atoms with E-state index >= 15 is 0 Å². The van der Waals surface area contributed by atoms with Crippen molar-refractivity contribution in [1.29, 1.82) is 0 Å². The minimum atomic E-state index is 0. The Morgan fingerprint density at radius 2 is 1.92 bits per heavy atom. The van der Waals surface area contributed by atoms with Crippen molar-refractivity contribution in [1.82, 2.24) is 20.4 Å². The van der Waals surface area contributed by atoms with Crippen LogP contribution in [0.1, 0.15) is 29.4 Å². The second kappa shape index (κ2) is 10.0. The maximum atomic E-state index is 5.91. The fourth-order valence-corrected chi connectivity index (χ4v) is 2.81. The van der Waals surface area contributed by atoms with Crippen LogP contribution in [-0.4, -0.2) is 28.8 Å². The molecule has 0 radical (unpaired) electrons. The van der Waals surface area contributed by atoms with Crippen LogP contribution in [0.2, 0.25) is 5.02 Å². The summed E-state index contributed by atoms with van der Waals surface area (Å²) in [4.78, 5) is 4.30. The van der Waals surface area contributed by atoms with Crippen LogP contribution in [-0.2, 0) is 20.0 Å². The van der Waals surface area contributed by atoms with Crippen LogP contribution in [0.3, 0.4) is 0 Å². The van der Waals surface area contributed by atoms with Gasteiger partial charge >= 0.3 is 0 Å². The molecule has 0 saturated heterocycles. The number of hydrogen-bond acceptors (Lipinski definition) is 2. The van der Waals surface area contributed by atoms with E-state index < -0.39 is 0 Å². The lowest BCUT2D eigenvalue weighted by Crippen LogP contribution is -2.42. The first-order valence-electron chi connectivity index (χ1n) is 8.11. The van der Waals surface area contributed by atoms with E-state index in [2.05, 4.69) is 41.5 Å². The first-order valence-corrected chi connectivity index (χ1v) is 8.49. The average molecular weight is 476 g/mol. The number of rotatable bonds is 5. The third kappa shape index (κ3) is 6.18. The molecule has 1 heterocycles. The van der Waals surface area contributed by atoms with Crippen LogP contribution in [0.25, 0.3) is 0 Å². The molecule has 0 bridgehead atoms. The summed E-state index contributed by atoms with van der Waals surface area (Å²) in [5.74, 6) is 0.789. The third-order valence-corrected chi connectivity index (χ3v) is 4.40. The summed E-state index contributed by atoms with van der Waals surface area (Å²) in [5.41, 5.74) is 4.76. The summed E-state index contributed by atoms with van der Waals surface area (Å²) in [7, 11) is 3.76. The summed E-state index contributed by atoms with van der Waals surface area (Å²) in [5, 5.41) is 12.0. The molecule has 0 amide bonds. The van der Waals surface area contributed by atoms with Gasteiger partial charge in [0, 0.05) is 37.4 Å². The van der Waals surface area contributed by atoms with Gasteiger partial charge in [0.25, 0.3) is 0 Å². The van der Waals surface area contributed by atoms with E-state index in [0.717, 1.165) is 28.7 Å². The topological polar surface area (TPSA) is 54.2 Å². The molecule has 1 unspecified atom stereocenters. The van der Waals surface area contributed by atoms with Gasteiger partial charge in [-0.25, -0.2) is 0 Å². The van der Waals surface area contributed by atoms with Crippen molar-refractivity contribution in [3.05, 3.63) is 51.8 Å². The van der Waals surface area contributed by atoms with Gasteiger partial charge in [0.05, 0.1) is 5.69 Å². The van der Waals surface area contributed by atoms with Gasteiger partial charge in [0.2, 0.25) is 0 Å². The van der Waals surface area contributed by atoms with Crippen molar-refractivity contribution >= 4 is 41.5 Å². The maximum Gasteiger partial charge on any atom is 0.191 e. The standard InChI is InChI=1S/C18H26ClN5.HI/c1-12(10-17-13(2)23-24(5)14(17)3)22-18(20-4)21-11-15-6-8-16(19)9-7-15;/h6-9,12H,10-11H2,1-5H3,(H2,20,21,22);1H. The number of halogens is 2. The number of aryl methyl sites for hydroxylation is 2. The second-order valence-electron chi connectivity index (χ2n) is 6.07. The minimum absolute atomic E-state index is 0. The Balaban J connectivity index is 0.00000312. The highest BCUT2D eigenvalue weighted by Gasteiger charge is 2.13. The van der Waals surface area contributed by atoms with Crippen molar-refractivity contribution in [2.45, 2.75) is 39.8 Å². The number of guanidine groups is 1. The lowest BCUT2D eigenvalue weighted by molar-refractivity contribution is 0.635. The zero-order valence-corrected chi connectivity index (χ0v) is 18.5. The van der Waals surface area contributed by atoms with Gasteiger partial charge in [0.1, 0.15) is 0 Å². The summed E-state index contributed by atoms with van der Waals surface area (Å²) in [6.07, 6.45) is 0.910. The highest BCUT2D eigenvalue weighted by atomic mass is 127. The zero-order chi connectivity index (χ0) is 17.7. The van der Waals surface area contributed by atoms with Gasteiger partial charge in [0.15, 0.2) is 5.96 Å². The smallest absolute Gasteiger partial charge is 0.191 e. The number of nitrogens with one attached hydrogen (secondary N) is 2. The summed E-state index contributed by atoms with van der Waals surface area (Å²) in [6.45, 7) is 7.02. The Labute approximate surface area is 172 Å². The number of hydrogen-bond donors (Lipinski definition) is 2. The van der Waals surface area contributed by atoms with Gasteiger partial charge in [-0.1, -0.05) is 23.7 Å². The zero-order valence-electron chi connectivity index (χ0n) is 15.4. The number of benzene rings is 1. The molecule has 7 heteroatoms. The predicted octanol–water partition coefficient (Wildman–Crippen LogP) is 3.60. The Morgan fingerprint density at radius 1 is 1.28 bits per heavy atom. The fourth-order valence-electron chi connectivity index (χ4n) is 2.69.